The van der Waals surface area contributed by atoms with Crippen LogP contribution in [0.25, 0.3) is 0 Å². The maximum atomic E-state index is 4.13. The van der Waals surface area contributed by atoms with Gasteiger partial charge in [0.1, 0.15) is 0 Å². The summed E-state index contributed by atoms with van der Waals surface area (Å²) >= 11 is 1.85. The molecule has 0 fully saturated rings. The molecule has 4 heteroatoms. The van der Waals surface area contributed by atoms with E-state index in [1.165, 1.54) is 16.2 Å². The predicted molar refractivity (Wildman–Crippen MR) is 76.7 cm³/mol. The number of nitrogens with zero attached hydrogens (tertiary/aromatic N) is 2. The van der Waals surface area contributed by atoms with Crippen LogP contribution in [0, 0.1) is 0 Å². The van der Waals surface area contributed by atoms with E-state index in [1.54, 1.807) is 0 Å². The Kier molecular flexibility index (Phi) is 4.44. The van der Waals surface area contributed by atoms with Gasteiger partial charge in [-0.15, -0.1) is 11.8 Å². The molecule has 0 aliphatic heterocycles. The largest absolute Gasteiger partial charge is 0.337 e. The van der Waals surface area contributed by atoms with Gasteiger partial charge in [0.25, 0.3) is 0 Å². The van der Waals surface area contributed by atoms with E-state index >= 15 is 0 Å². The van der Waals surface area contributed by atoms with Gasteiger partial charge in [-0.1, -0.05) is 12.1 Å². The van der Waals surface area contributed by atoms with E-state index in [2.05, 4.69) is 46.1 Å². The van der Waals surface area contributed by atoms with E-state index in [9.17, 15) is 0 Å². The Hall–Kier alpha value is -1.26. The molecule has 0 amide bonds. The Balaban J connectivity index is 2.04. The van der Waals surface area contributed by atoms with E-state index in [-0.39, 0.29) is 0 Å². The number of hydrogen-bond acceptors (Lipinski definition) is 3. The third-order valence-electron chi connectivity index (χ3n) is 3.09. The van der Waals surface area contributed by atoms with Crippen LogP contribution < -0.4 is 5.32 Å². The first-order chi connectivity index (χ1) is 8.70. The van der Waals surface area contributed by atoms with Crippen molar-refractivity contribution in [2.24, 2.45) is 7.05 Å². The van der Waals surface area contributed by atoms with Crippen LogP contribution >= 0.6 is 11.8 Å². The van der Waals surface area contributed by atoms with Gasteiger partial charge in [-0.25, -0.2) is 4.98 Å². The van der Waals surface area contributed by atoms with Crippen molar-refractivity contribution >= 4 is 11.8 Å². The van der Waals surface area contributed by atoms with E-state index in [1.807, 2.05) is 38.4 Å². The fourth-order valence-electron chi connectivity index (χ4n) is 1.72. The smallest absolute Gasteiger partial charge is 0.0945 e. The molecule has 1 unspecified atom stereocenters. The summed E-state index contributed by atoms with van der Waals surface area (Å²) < 4.78 is 2.06. The lowest BCUT2D eigenvalue weighted by Gasteiger charge is -2.11. The lowest BCUT2D eigenvalue weighted by molar-refractivity contribution is 0.651. The number of aromatic nitrogens is 2. The molecule has 2 aromatic rings. The molecule has 0 saturated carbocycles. The second-order valence-electron chi connectivity index (χ2n) is 4.37. The minimum Gasteiger partial charge on any atom is -0.337 e. The van der Waals surface area contributed by atoms with Crippen molar-refractivity contribution < 1.29 is 0 Å². The standard InChI is InChI=1S/C14H19N3S/c1-11(15-2)12-5-4-6-14(7-12)18-9-13-8-16-10-17(13)3/h4-8,10-11,15H,9H2,1-3H3. The second kappa shape index (κ2) is 6.07. The number of hydrogen-bond donors (Lipinski definition) is 1. The number of rotatable bonds is 5. The quantitative estimate of drug-likeness (QED) is 0.839. The molecule has 1 atom stereocenters. The monoisotopic (exact) mass is 261 g/mol. The zero-order chi connectivity index (χ0) is 13.0. The van der Waals surface area contributed by atoms with Crippen LogP contribution in [0.15, 0.2) is 41.7 Å². The number of nitrogens with one attached hydrogen (secondary N) is 1. The summed E-state index contributed by atoms with van der Waals surface area (Å²) in [6.07, 6.45) is 3.77. The molecule has 3 nitrogen and oxygen atoms in total. The molecule has 1 N–H and O–H groups in total. The van der Waals surface area contributed by atoms with Crippen molar-refractivity contribution in [2.75, 3.05) is 7.05 Å². The first kappa shape index (κ1) is 13.2. The third kappa shape index (κ3) is 3.15. The Morgan fingerprint density at radius 1 is 1.44 bits per heavy atom. The molecule has 18 heavy (non-hydrogen) atoms. The second-order valence-corrected chi connectivity index (χ2v) is 5.42. The Labute approximate surface area is 113 Å². The number of thioether (sulfide) groups is 1. The molecule has 1 heterocycles. The van der Waals surface area contributed by atoms with E-state index in [0.717, 1.165) is 5.75 Å². The molecule has 0 spiro atoms. The molecule has 0 saturated heterocycles. The highest BCUT2D eigenvalue weighted by atomic mass is 32.2. The average Bonchev–Trinajstić information content (AvgIpc) is 2.81. The lowest BCUT2D eigenvalue weighted by atomic mass is 10.1. The van der Waals surface area contributed by atoms with Crippen molar-refractivity contribution in [3.8, 4) is 0 Å². The van der Waals surface area contributed by atoms with E-state index < -0.39 is 0 Å². The van der Waals surface area contributed by atoms with Gasteiger partial charge in [-0.3, -0.25) is 0 Å². The van der Waals surface area contributed by atoms with E-state index in [0.29, 0.717) is 6.04 Å². The highest BCUT2D eigenvalue weighted by Gasteiger charge is 2.04. The SMILES string of the molecule is CNC(C)c1cccc(SCc2cncn2C)c1. The fourth-order valence-corrected chi connectivity index (χ4v) is 2.71. The number of imidazole rings is 1. The predicted octanol–water partition coefficient (Wildman–Crippen LogP) is 2.99. The fraction of sp³-hybridized carbons (Fsp3) is 0.357. The minimum atomic E-state index is 0.391. The van der Waals surface area contributed by atoms with Crippen molar-refractivity contribution in [2.45, 2.75) is 23.6 Å². The normalized spacial score (nSPS) is 12.6. The van der Waals surface area contributed by atoms with Crippen LogP contribution in [0.3, 0.4) is 0 Å². The lowest BCUT2D eigenvalue weighted by Crippen LogP contribution is -2.11. The van der Waals surface area contributed by atoms with Crippen LogP contribution in [-0.4, -0.2) is 16.6 Å². The zero-order valence-corrected chi connectivity index (χ0v) is 11.9. The number of aryl methyl sites for hydroxylation is 1. The van der Waals surface area contributed by atoms with Gasteiger partial charge in [-0.05, 0) is 31.7 Å². The summed E-state index contributed by atoms with van der Waals surface area (Å²) in [5, 5.41) is 3.26. The first-order valence-corrected chi connectivity index (χ1v) is 7.04. The summed E-state index contributed by atoms with van der Waals surface area (Å²) in [5.74, 6) is 0.952. The van der Waals surface area contributed by atoms with Gasteiger partial charge in [-0.2, -0.15) is 0 Å². The molecular weight excluding hydrogens is 242 g/mol. The average molecular weight is 261 g/mol. The highest BCUT2D eigenvalue weighted by molar-refractivity contribution is 7.98. The van der Waals surface area contributed by atoms with Crippen molar-refractivity contribution in [3.63, 3.8) is 0 Å². The van der Waals surface area contributed by atoms with Crippen molar-refractivity contribution in [1.29, 1.82) is 0 Å². The molecule has 0 radical (unpaired) electrons. The Morgan fingerprint density at radius 2 is 2.28 bits per heavy atom. The molecule has 1 aromatic heterocycles. The zero-order valence-electron chi connectivity index (χ0n) is 11.1. The molecule has 0 bridgehead atoms. The maximum absolute atomic E-state index is 4.13. The van der Waals surface area contributed by atoms with Crippen LogP contribution in [0.4, 0.5) is 0 Å². The van der Waals surface area contributed by atoms with Crippen LogP contribution in [0.1, 0.15) is 24.2 Å². The van der Waals surface area contributed by atoms with Gasteiger partial charge >= 0.3 is 0 Å². The molecule has 96 valence electrons. The topological polar surface area (TPSA) is 29.9 Å². The summed E-state index contributed by atoms with van der Waals surface area (Å²) in [4.78, 5) is 5.43. The van der Waals surface area contributed by atoms with Crippen LogP contribution in [-0.2, 0) is 12.8 Å². The van der Waals surface area contributed by atoms with Crippen molar-refractivity contribution in [3.05, 3.63) is 48.0 Å². The van der Waals surface area contributed by atoms with Gasteiger partial charge in [0.05, 0.1) is 6.33 Å². The van der Waals surface area contributed by atoms with E-state index in [4.69, 9.17) is 0 Å². The summed E-state index contributed by atoms with van der Waals surface area (Å²) in [6, 6.07) is 9.08. The summed E-state index contributed by atoms with van der Waals surface area (Å²) in [5.41, 5.74) is 2.57. The van der Waals surface area contributed by atoms with Crippen molar-refractivity contribution in [1.82, 2.24) is 14.9 Å². The first-order valence-electron chi connectivity index (χ1n) is 6.06. The summed E-state index contributed by atoms with van der Waals surface area (Å²) in [7, 11) is 4.02. The molecule has 0 aliphatic carbocycles. The molecule has 1 aromatic carbocycles. The highest BCUT2D eigenvalue weighted by Crippen LogP contribution is 2.25. The van der Waals surface area contributed by atoms with Gasteiger partial charge in [0.2, 0.25) is 0 Å². The molecule has 2 rings (SSSR count). The minimum absolute atomic E-state index is 0.391. The van der Waals surface area contributed by atoms with Gasteiger partial charge in [0, 0.05) is 35.6 Å². The van der Waals surface area contributed by atoms with Crippen LogP contribution in [0.2, 0.25) is 0 Å². The Bertz CT molecular complexity index is 507. The third-order valence-corrected chi connectivity index (χ3v) is 4.12. The van der Waals surface area contributed by atoms with Gasteiger partial charge < -0.3 is 9.88 Å². The Morgan fingerprint density at radius 3 is 2.94 bits per heavy atom. The summed E-state index contributed by atoms with van der Waals surface area (Å²) in [6.45, 7) is 2.17. The van der Waals surface area contributed by atoms with Gasteiger partial charge in [0.15, 0.2) is 0 Å². The maximum Gasteiger partial charge on any atom is 0.0945 e. The molecular formula is C14H19N3S. The number of benzene rings is 1. The molecule has 0 aliphatic rings. The van der Waals surface area contributed by atoms with Crippen LogP contribution in [0.5, 0.6) is 0 Å².